The Hall–Kier alpha value is -3.38. The fraction of sp³-hybridized carbons (Fsp3) is 0.0455. The van der Waals surface area contributed by atoms with E-state index in [1.165, 1.54) is 0 Å². The SMILES string of the molecule is CS(=O)(=O)Nc1nc2ccccc2c(Nc2ccccc2)c1-c1ccccc1. The molecule has 4 rings (SSSR count). The highest BCUT2D eigenvalue weighted by atomic mass is 32.2. The van der Waals surface area contributed by atoms with Crippen LogP contribution in [0, 0.1) is 0 Å². The molecule has 3 aromatic carbocycles. The molecule has 0 bridgehead atoms. The molecule has 6 heteroatoms. The van der Waals surface area contributed by atoms with Gasteiger partial charge in [-0.1, -0.05) is 66.7 Å². The van der Waals surface area contributed by atoms with E-state index in [2.05, 4.69) is 15.0 Å². The molecule has 0 saturated heterocycles. The number of benzene rings is 3. The zero-order valence-electron chi connectivity index (χ0n) is 15.3. The van der Waals surface area contributed by atoms with E-state index in [0.29, 0.717) is 16.9 Å². The molecule has 0 saturated carbocycles. The fourth-order valence-electron chi connectivity index (χ4n) is 3.14. The maximum absolute atomic E-state index is 12.0. The van der Waals surface area contributed by atoms with Crippen molar-refractivity contribution in [3.05, 3.63) is 84.9 Å². The lowest BCUT2D eigenvalue weighted by atomic mass is 10.0. The molecule has 0 spiro atoms. The number of fused-ring (bicyclic) bond motifs is 1. The number of anilines is 3. The molecule has 0 atom stereocenters. The van der Waals surface area contributed by atoms with Gasteiger partial charge in [0.2, 0.25) is 10.0 Å². The van der Waals surface area contributed by atoms with Crippen molar-refractivity contribution < 1.29 is 8.42 Å². The van der Waals surface area contributed by atoms with Crippen LogP contribution in [0.2, 0.25) is 0 Å². The molecule has 1 heterocycles. The molecule has 0 amide bonds. The molecule has 0 fully saturated rings. The quantitative estimate of drug-likeness (QED) is 0.503. The first-order valence-corrected chi connectivity index (χ1v) is 10.7. The van der Waals surface area contributed by atoms with Crippen LogP contribution in [0.4, 0.5) is 17.2 Å². The zero-order chi connectivity index (χ0) is 19.6. The molecule has 0 unspecified atom stereocenters. The van der Waals surface area contributed by atoms with Gasteiger partial charge in [0.05, 0.1) is 17.5 Å². The lowest BCUT2D eigenvalue weighted by Gasteiger charge is -2.19. The second kappa shape index (κ2) is 7.32. The minimum absolute atomic E-state index is 0.297. The molecule has 0 aliphatic rings. The van der Waals surface area contributed by atoms with Crippen molar-refractivity contribution in [2.24, 2.45) is 0 Å². The molecule has 1 aromatic heterocycles. The molecule has 140 valence electrons. The third kappa shape index (κ3) is 3.82. The monoisotopic (exact) mass is 389 g/mol. The van der Waals surface area contributed by atoms with Gasteiger partial charge in [0, 0.05) is 16.6 Å². The van der Waals surface area contributed by atoms with Crippen molar-refractivity contribution in [1.29, 1.82) is 0 Å². The number of pyridine rings is 1. The minimum atomic E-state index is -3.51. The van der Waals surface area contributed by atoms with Crippen LogP contribution in [-0.4, -0.2) is 19.7 Å². The maximum Gasteiger partial charge on any atom is 0.230 e. The van der Waals surface area contributed by atoms with Crippen LogP contribution in [0.5, 0.6) is 0 Å². The molecule has 4 aromatic rings. The van der Waals surface area contributed by atoms with Gasteiger partial charge in [-0.05, 0) is 23.8 Å². The number of nitrogens with zero attached hydrogens (tertiary/aromatic N) is 1. The van der Waals surface area contributed by atoms with Gasteiger partial charge in [-0.15, -0.1) is 0 Å². The van der Waals surface area contributed by atoms with E-state index in [4.69, 9.17) is 0 Å². The van der Waals surface area contributed by atoms with E-state index in [1.807, 2.05) is 84.9 Å². The summed E-state index contributed by atoms with van der Waals surface area (Å²) in [5.74, 6) is 0.297. The first kappa shape index (κ1) is 18.0. The minimum Gasteiger partial charge on any atom is -0.354 e. The second-order valence-electron chi connectivity index (χ2n) is 6.46. The summed E-state index contributed by atoms with van der Waals surface area (Å²) in [7, 11) is -3.51. The van der Waals surface area contributed by atoms with E-state index in [9.17, 15) is 8.42 Å². The number of aromatic nitrogens is 1. The van der Waals surface area contributed by atoms with Crippen LogP contribution in [0.15, 0.2) is 84.9 Å². The summed E-state index contributed by atoms with van der Waals surface area (Å²) in [4.78, 5) is 4.61. The lowest BCUT2D eigenvalue weighted by Crippen LogP contribution is -2.13. The molecule has 0 radical (unpaired) electrons. The number of hydrogen-bond acceptors (Lipinski definition) is 4. The summed E-state index contributed by atoms with van der Waals surface area (Å²) in [6.07, 6.45) is 1.13. The Balaban J connectivity index is 2.04. The summed E-state index contributed by atoms with van der Waals surface area (Å²) in [5, 5.41) is 4.37. The van der Waals surface area contributed by atoms with Crippen LogP contribution >= 0.6 is 0 Å². The maximum atomic E-state index is 12.0. The summed E-state index contributed by atoms with van der Waals surface area (Å²) in [5.41, 5.74) is 3.97. The smallest absolute Gasteiger partial charge is 0.230 e. The summed E-state index contributed by atoms with van der Waals surface area (Å²) in [6.45, 7) is 0. The van der Waals surface area contributed by atoms with Gasteiger partial charge in [-0.3, -0.25) is 4.72 Å². The Morgan fingerprint density at radius 3 is 2.07 bits per heavy atom. The van der Waals surface area contributed by atoms with Crippen LogP contribution < -0.4 is 10.0 Å². The molecule has 0 aliphatic heterocycles. The van der Waals surface area contributed by atoms with Gasteiger partial charge < -0.3 is 5.32 Å². The topological polar surface area (TPSA) is 71.1 Å². The van der Waals surface area contributed by atoms with Crippen molar-refractivity contribution in [3.8, 4) is 11.1 Å². The Labute approximate surface area is 164 Å². The van der Waals surface area contributed by atoms with Gasteiger partial charge in [0.25, 0.3) is 0 Å². The van der Waals surface area contributed by atoms with Gasteiger partial charge >= 0.3 is 0 Å². The normalized spacial score (nSPS) is 11.3. The van der Waals surface area contributed by atoms with Crippen molar-refractivity contribution >= 4 is 38.1 Å². The number of hydrogen-bond donors (Lipinski definition) is 2. The molecule has 2 N–H and O–H groups in total. The van der Waals surface area contributed by atoms with Crippen molar-refractivity contribution in [1.82, 2.24) is 4.98 Å². The molecule has 5 nitrogen and oxygen atoms in total. The van der Waals surface area contributed by atoms with Gasteiger partial charge in [0.1, 0.15) is 5.82 Å². The van der Waals surface area contributed by atoms with Crippen molar-refractivity contribution in [2.75, 3.05) is 16.3 Å². The molecular formula is C22H19N3O2S. The summed E-state index contributed by atoms with van der Waals surface area (Å²) in [6, 6.07) is 27.1. The molecular weight excluding hydrogens is 370 g/mol. The third-order valence-corrected chi connectivity index (χ3v) is 4.84. The predicted octanol–water partition coefficient (Wildman–Crippen LogP) is 5.02. The van der Waals surface area contributed by atoms with Gasteiger partial charge in [-0.25, -0.2) is 13.4 Å². The van der Waals surface area contributed by atoms with Crippen LogP contribution in [0.25, 0.3) is 22.0 Å². The summed E-state index contributed by atoms with van der Waals surface area (Å²) >= 11 is 0. The standard InChI is InChI=1S/C22H19N3O2S/c1-28(26,27)25-22-20(16-10-4-2-5-11-16)21(23-17-12-6-3-7-13-17)18-14-8-9-15-19(18)24-22/h2-15H,1H3,(H2,23,24,25). The zero-order valence-corrected chi connectivity index (χ0v) is 16.1. The van der Waals surface area contributed by atoms with Crippen molar-refractivity contribution in [3.63, 3.8) is 0 Å². The Morgan fingerprint density at radius 1 is 0.786 bits per heavy atom. The molecule has 0 aliphatic carbocycles. The predicted molar refractivity (Wildman–Crippen MR) is 115 cm³/mol. The first-order chi connectivity index (χ1) is 13.5. The third-order valence-electron chi connectivity index (χ3n) is 4.28. The van der Waals surface area contributed by atoms with Crippen LogP contribution in [0.3, 0.4) is 0 Å². The van der Waals surface area contributed by atoms with E-state index in [1.54, 1.807) is 0 Å². The van der Waals surface area contributed by atoms with Gasteiger partial charge in [-0.2, -0.15) is 0 Å². The van der Waals surface area contributed by atoms with Crippen LogP contribution in [0.1, 0.15) is 0 Å². The number of nitrogens with one attached hydrogen (secondary N) is 2. The number of sulfonamides is 1. The average molecular weight is 389 g/mol. The van der Waals surface area contributed by atoms with Crippen LogP contribution in [-0.2, 0) is 10.0 Å². The Bertz CT molecular complexity index is 1220. The van der Waals surface area contributed by atoms with E-state index in [-0.39, 0.29) is 0 Å². The fourth-order valence-corrected chi connectivity index (χ4v) is 3.64. The van der Waals surface area contributed by atoms with Gasteiger partial charge in [0.15, 0.2) is 0 Å². The highest BCUT2D eigenvalue weighted by molar-refractivity contribution is 7.92. The number of rotatable bonds is 5. The average Bonchev–Trinajstić information content (AvgIpc) is 2.68. The van der Waals surface area contributed by atoms with E-state index in [0.717, 1.165) is 28.6 Å². The van der Waals surface area contributed by atoms with E-state index < -0.39 is 10.0 Å². The lowest BCUT2D eigenvalue weighted by molar-refractivity contribution is 0.606. The molecule has 28 heavy (non-hydrogen) atoms. The second-order valence-corrected chi connectivity index (χ2v) is 8.21. The van der Waals surface area contributed by atoms with E-state index >= 15 is 0 Å². The first-order valence-electron chi connectivity index (χ1n) is 8.79. The highest BCUT2D eigenvalue weighted by Crippen LogP contribution is 2.40. The highest BCUT2D eigenvalue weighted by Gasteiger charge is 2.19. The Morgan fingerprint density at radius 2 is 1.39 bits per heavy atom. The largest absolute Gasteiger partial charge is 0.354 e. The van der Waals surface area contributed by atoms with Crippen molar-refractivity contribution in [2.45, 2.75) is 0 Å². The number of para-hydroxylation sites is 2. The summed E-state index contributed by atoms with van der Waals surface area (Å²) < 4.78 is 26.6. The Kier molecular flexibility index (Phi) is 4.71.